The zero-order valence-electron chi connectivity index (χ0n) is 15.1. The first kappa shape index (κ1) is 20.9. The predicted octanol–water partition coefficient (Wildman–Crippen LogP) is 5.19. The predicted molar refractivity (Wildman–Crippen MR) is 107 cm³/mol. The number of halogens is 4. The molecule has 150 valence electrons. The Kier molecular flexibility index (Phi) is 6.78. The van der Waals surface area contributed by atoms with Crippen LogP contribution in [0.2, 0.25) is 5.02 Å². The SMILES string of the molecule is O=C(CCSc1ccc(Cl)cc1)N1CCN(c2cccc(C(F)(F)F)c2)CC1. The first-order chi connectivity index (χ1) is 13.3. The maximum atomic E-state index is 12.9. The number of nitrogens with zero attached hydrogens (tertiary/aromatic N) is 2. The molecule has 1 saturated heterocycles. The lowest BCUT2D eigenvalue weighted by atomic mass is 10.1. The summed E-state index contributed by atoms with van der Waals surface area (Å²) in [4.78, 5) is 17.1. The Morgan fingerprint density at radius 3 is 2.36 bits per heavy atom. The van der Waals surface area contributed by atoms with Gasteiger partial charge in [-0.3, -0.25) is 4.79 Å². The average Bonchev–Trinajstić information content (AvgIpc) is 2.69. The van der Waals surface area contributed by atoms with Crippen molar-refractivity contribution in [2.75, 3.05) is 36.8 Å². The minimum absolute atomic E-state index is 0.0742. The number of carbonyl (C=O) groups excluding carboxylic acids is 1. The Morgan fingerprint density at radius 1 is 1.04 bits per heavy atom. The largest absolute Gasteiger partial charge is 0.416 e. The van der Waals surface area contributed by atoms with Gasteiger partial charge in [-0.05, 0) is 42.5 Å². The Labute approximate surface area is 171 Å². The number of benzene rings is 2. The molecule has 0 radical (unpaired) electrons. The van der Waals surface area contributed by atoms with E-state index in [-0.39, 0.29) is 5.91 Å². The van der Waals surface area contributed by atoms with Crippen LogP contribution in [0.4, 0.5) is 18.9 Å². The first-order valence-corrected chi connectivity index (χ1v) is 10.3. The second kappa shape index (κ2) is 9.09. The summed E-state index contributed by atoms with van der Waals surface area (Å²) in [6.45, 7) is 2.08. The summed E-state index contributed by atoms with van der Waals surface area (Å²) < 4.78 is 38.7. The van der Waals surface area contributed by atoms with Crippen LogP contribution in [0.3, 0.4) is 0 Å². The van der Waals surface area contributed by atoms with Gasteiger partial charge in [-0.25, -0.2) is 0 Å². The molecule has 8 heteroatoms. The maximum absolute atomic E-state index is 12.9. The van der Waals surface area contributed by atoms with E-state index in [4.69, 9.17) is 11.6 Å². The van der Waals surface area contributed by atoms with Gasteiger partial charge >= 0.3 is 6.18 Å². The molecule has 0 atom stereocenters. The van der Waals surface area contributed by atoms with Gasteiger partial charge in [-0.1, -0.05) is 17.7 Å². The molecule has 0 N–H and O–H groups in total. The molecule has 2 aromatic carbocycles. The Bertz CT molecular complexity index is 806. The van der Waals surface area contributed by atoms with Crippen molar-refractivity contribution in [3.05, 3.63) is 59.1 Å². The molecule has 3 rings (SSSR count). The Hall–Kier alpha value is -1.86. The van der Waals surface area contributed by atoms with Crippen LogP contribution in [0.1, 0.15) is 12.0 Å². The van der Waals surface area contributed by atoms with E-state index in [2.05, 4.69) is 0 Å². The number of rotatable bonds is 5. The van der Waals surface area contributed by atoms with Crippen LogP contribution in [0, 0.1) is 0 Å². The average molecular weight is 429 g/mol. The quantitative estimate of drug-likeness (QED) is 0.612. The van der Waals surface area contributed by atoms with E-state index in [0.717, 1.165) is 11.0 Å². The second-order valence-electron chi connectivity index (χ2n) is 6.47. The van der Waals surface area contributed by atoms with Crippen LogP contribution in [-0.4, -0.2) is 42.7 Å². The van der Waals surface area contributed by atoms with Crippen molar-refractivity contribution in [2.45, 2.75) is 17.5 Å². The summed E-state index contributed by atoms with van der Waals surface area (Å²) in [7, 11) is 0. The highest BCUT2D eigenvalue weighted by Gasteiger charge is 2.31. The summed E-state index contributed by atoms with van der Waals surface area (Å²) >= 11 is 7.45. The van der Waals surface area contributed by atoms with E-state index in [0.29, 0.717) is 49.1 Å². The van der Waals surface area contributed by atoms with Gasteiger partial charge in [0.05, 0.1) is 5.56 Å². The molecule has 0 unspecified atom stereocenters. The third-order valence-corrected chi connectivity index (χ3v) is 5.84. The fourth-order valence-electron chi connectivity index (χ4n) is 3.04. The van der Waals surface area contributed by atoms with Gasteiger partial charge in [-0.2, -0.15) is 13.2 Å². The lowest BCUT2D eigenvalue weighted by Gasteiger charge is -2.36. The molecule has 1 aliphatic rings. The van der Waals surface area contributed by atoms with Crippen molar-refractivity contribution < 1.29 is 18.0 Å². The van der Waals surface area contributed by atoms with Crippen molar-refractivity contribution in [1.82, 2.24) is 4.90 Å². The van der Waals surface area contributed by atoms with E-state index >= 15 is 0 Å². The molecule has 1 amide bonds. The van der Waals surface area contributed by atoms with E-state index < -0.39 is 11.7 Å². The third-order valence-electron chi connectivity index (χ3n) is 4.57. The summed E-state index contributed by atoms with van der Waals surface area (Å²) in [6.07, 6.45) is -3.92. The smallest absolute Gasteiger partial charge is 0.368 e. The van der Waals surface area contributed by atoms with Gasteiger partial charge < -0.3 is 9.80 Å². The number of carbonyl (C=O) groups is 1. The molecule has 0 aliphatic carbocycles. The number of anilines is 1. The molecule has 2 aromatic rings. The first-order valence-electron chi connectivity index (χ1n) is 8.91. The van der Waals surface area contributed by atoms with Gasteiger partial charge in [0.2, 0.25) is 5.91 Å². The van der Waals surface area contributed by atoms with Crippen molar-refractivity contribution in [3.63, 3.8) is 0 Å². The van der Waals surface area contributed by atoms with Crippen LogP contribution < -0.4 is 4.90 Å². The number of hydrogen-bond acceptors (Lipinski definition) is 3. The van der Waals surface area contributed by atoms with E-state index in [9.17, 15) is 18.0 Å². The molecule has 0 bridgehead atoms. The monoisotopic (exact) mass is 428 g/mol. The number of hydrogen-bond donors (Lipinski definition) is 0. The van der Waals surface area contributed by atoms with Gasteiger partial charge in [0.15, 0.2) is 0 Å². The highest BCUT2D eigenvalue weighted by Crippen LogP contribution is 2.32. The highest BCUT2D eigenvalue weighted by molar-refractivity contribution is 7.99. The molecule has 0 aromatic heterocycles. The van der Waals surface area contributed by atoms with Gasteiger partial charge in [-0.15, -0.1) is 11.8 Å². The van der Waals surface area contributed by atoms with Crippen LogP contribution >= 0.6 is 23.4 Å². The van der Waals surface area contributed by atoms with Gasteiger partial charge in [0, 0.05) is 54.0 Å². The van der Waals surface area contributed by atoms with E-state index in [1.165, 1.54) is 12.1 Å². The maximum Gasteiger partial charge on any atom is 0.416 e. The number of piperazine rings is 1. The van der Waals surface area contributed by atoms with Gasteiger partial charge in [0.1, 0.15) is 0 Å². The Morgan fingerprint density at radius 2 is 1.71 bits per heavy atom. The Balaban J connectivity index is 1.47. The molecule has 0 saturated carbocycles. The summed E-state index contributed by atoms with van der Waals surface area (Å²) in [5, 5.41) is 0.680. The highest BCUT2D eigenvalue weighted by atomic mass is 35.5. The minimum Gasteiger partial charge on any atom is -0.368 e. The van der Waals surface area contributed by atoms with Crippen LogP contribution in [0.5, 0.6) is 0 Å². The van der Waals surface area contributed by atoms with E-state index in [1.807, 2.05) is 29.2 Å². The summed E-state index contributed by atoms with van der Waals surface area (Å²) in [5.41, 5.74) is -0.108. The van der Waals surface area contributed by atoms with Crippen LogP contribution in [0.25, 0.3) is 0 Å². The standard InChI is InChI=1S/C20H20ClF3N2OS/c21-16-4-6-18(7-5-16)28-13-8-19(27)26-11-9-25(10-12-26)17-3-1-2-15(14-17)20(22,23)24/h1-7,14H,8-13H2. The third kappa shape index (κ3) is 5.58. The molecular weight excluding hydrogens is 409 g/mol. The normalized spacial score (nSPS) is 15.0. The summed E-state index contributed by atoms with van der Waals surface area (Å²) in [5.74, 6) is 0.749. The van der Waals surface area contributed by atoms with Crippen molar-refractivity contribution in [1.29, 1.82) is 0 Å². The van der Waals surface area contributed by atoms with Gasteiger partial charge in [0.25, 0.3) is 0 Å². The molecule has 0 spiro atoms. The van der Waals surface area contributed by atoms with E-state index in [1.54, 1.807) is 22.7 Å². The van der Waals surface area contributed by atoms with Crippen molar-refractivity contribution in [2.24, 2.45) is 0 Å². The zero-order chi connectivity index (χ0) is 20.1. The number of alkyl halides is 3. The topological polar surface area (TPSA) is 23.6 Å². The fourth-order valence-corrected chi connectivity index (χ4v) is 4.01. The summed E-state index contributed by atoms with van der Waals surface area (Å²) in [6, 6.07) is 12.8. The van der Waals surface area contributed by atoms with Crippen LogP contribution in [0.15, 0.2) is 53.4 Å². The lowest BCUT2D eigenvalue weighted by molar-refractivity contribution is -0.137. The number of amides is 1. The molecule has 1 heterocycles. The molecule has 1 aliphatic heterocycles. The molecule has 28 heavy (non-hydrogen) atoms. The van der Waals surface area contributed by atoms with Crippen molar-refractivity contribution in [3.8, 4) is 0 Å². The zero-order valence-corrected chi connectivity index (χ0v) is 16.7. The van der Waals surface area contributed by atoms with Crippen molar-refractivity contribution >= 4 is 35.0 Å². The fraction of sp³-hybridized carbons (Fsp3) is 0.350. The minimum atomic E-state index is -4.35. The second-order valence-corrected chi connectivity index (χ2v) is 8.07. The lowest BCUT2D eigenvalue weighted by Crippen LogP contribution is -2.48. The van der Waals surface area contributed by atoms with Crippen LogP contribution in [-0.2, 0) is 11.0 Å². The molecule has 1 fully saturated rings. The molecular formula is C20H20ClF3N2OS. The number of thioether (sulfide) groups is 1. The molecule has 3 nitrogen and oxygen atoms in total.